The van der Waals surface area contributed by atoms with Crippen molar-refractivity contribution in [1.29, 1.82) is 0 Å². The summed E-state index contributed by atoms with van der Waals surface area (Å²) in [4.78, 5) is 6.85. The third-order valence-corrected chi connectivity index (χ3v) is 3.21. The number of likely N-dealkylation sites (tertiary alicyclic amines) is 1. The molecule has 1 aromatic rings. The molecule has 0 aromatic carbocycles. The number of hydrogen-bond acceptors (Lipinski definition) is 4. The smallest absolute Gasteiger partial charge is 0.168 e. The second-order valence-electron chi connectivity index (χ2n) is 4.61. The molecule has 1 saturated heterocycles. The molecular formula is C14H23N3O. The van der Waals surface area contributed by atoms with Crippen LogP contribution in [-0.4, -0.2) is 42.7 Å². The van der Waals surface area contributed by atoms with Gasteiger partial charge in [-0.2, -0.15) is 0 Å². The number of anilines is 1. The Morgan fingerprint density at radius 2 is 2.22 bits per heavy atom. The molecule has 0 saturated carbocycles. The van der Waals surface area contributed by atoms with Crippen molar-refractivity contribution in [3.8, 4) is 5.75 Å². The number of ether oxygens (including phenoxy) is 1. The molecular weight excluding hydrogens is 226 g/mol. The Morgan fingerprint density at radius 1 is 1.39 bits per heavy atom. The van der Waals surface area contributed by atoms with Gasteiger partial charge in [-0.25, -0.2) is 4.98 Å². The molecule has 0 radical (unpaired) electrons. The number of rotatable bonds is 7. The highest BCUT2D eigenvalue weighted by atomic mass is 16.5. The van der Waals surface area contributed by atoms with Gasteiger partial charge in [0.05, 0.1) is 6.61 Å². The maximum atomic E-state index is 5.53. The van der Waals surface area contributed by atoms with E-state index in [4.69, 9.17) is 4.74 Å². The van der Waals surface area contributed by atoms with E-state index >= 15 is 0 Å². The van der Waals surface area contributed by atoms with E-state index in [1.807, 2.05) is 19.1 Å². The van der Waals surface area contributed by atoms with E-state index in [0.717, 1.165) is 24.5 Å². The lowest BCUT2D eigenvalue weighted by atomic mass is 10.3. The monoisotopic (exact) mass is 249 g/mol. The summed E-state index contributed by atoms with van der Waals surface area (Å²) in [6.45, 7) is 7.34. The molecule has 1 fully saturated rings. The lowest BCUT2D eigenvalue weighted by Gasteiger charge is -2.15. The van der Waals surface area contributed by atoms with Crippen molar-refractivity contribution in [3.63, 3.8) is 0 Å². The molecule has 0 bridgehead atoms. The molecule has 2 heterocycles. The molecule has 0 unspecified atom stereocenters. The topological polar surface area (TPSA) is 37.4 Å². The van der Waals surface area contributed by atoms with Crippen LogP contribution in [0.15, 0.2) is 18.3 Å². The Kier molecular flexibility index (Phi) is 5.27. The molecule has 4 heteroatoms. The summed E-state index contributed by atoms with van der Waals surface area (Å²) >= 11 is 0. The zero-order valence-corrected chi connectivity index (χ0v) is 11.2. The Hall–Kier alpha value is -1.29. The zero-order chi connectivity index (χ0) is 12.6. The van der Waals surface area contributed by atoms with Crippen LogP contribution in [-0.2, 0) is 0 Å². The van der Waals surface area contributed by atoms with E-state index in [9.17, 15) is 0 Å². The van der Waals surface area contributed by atoms with Crippen LogP contribution in [0.1, 0.15) is 26.2 Å². The quantitative estimate of drug-likeness (QED) is 0.753. The van der Waals surface area contributed by atoms with Gasteiger partial charge in [0.1, 0.15) is 0 Å². The van der Waals surface area contributed by atoms with Crippen LogP contribution in [0, 0.1) is 0 Å². The second-order valence-corrected chi connectivity index (χ2v) is 4.61. The van der Waals surface area contributed by atoms with E-state index < -0.39 is 0 Å². The summed E-state index contributed by atoms with van der Waals surface area (Å²) in [6.07, 6.45) is 5.68. The molecule has 1 aromatic heterocycles. The Bertz CT molecular complexity index is 351. The van der Waals surface area contributed by atoms with Gasteiger partial charge in [-0.15, -0.1) is 0 Å². The van der Waals surface area contributed by atoms with Gasteiger partial charge in [0, 0.05) is 12.7 Å². The maximum Gasteiger partial charge on any atom is 0.168 e. The molecule has 1 aliphatic heterocycles. The number of nitrogens with zero attached hydrogens (tertiary/aromatic N) is 2. The molecule has 0 amide bonds. The number of nitrogens with one attached hydrogen (secondary N) is 1. The van der Waals surface area contributed by atoms with Gasteiger partial charge in [0.2, 0.25) is 0 Å². The normalized spacial score (nSPS) is 15.8. The second kappa shape index (κ2) is 7.21. The predicted octanol–water partition coefficient (Wildman–Crippen LogP) is 2.38. The van der Waals surface area contributed by atoms with Gasteiger partial charge >= 0.3 is 0 Å². The average Bonchev–Trinajstić information content (AvgIpc) is 2.90. The first-order valence-corrected chi connectivity index (χ1v) is 6.94. The van der Waals surface area contributed by atoms with E-state index in [1.165, 1.54) is 32.5 Å². The van der Waals surface area contributed by atoms with Gasteiger partial charge in [0.15, 0.2) is 11.6 Å². The summed E-state index contributed by atoms with van der Waals surface area (Å²) in [5, 5.41) is 3.36. The van der Waals surface area contributed by atoms with Crippen molar-refractivity contribution >= 4 is 5.82 Å². The molecule has 0 atom stereocenters. The van der Waals surface area contributed by atoms with Gasteiger partial charge < -0.3 is 15.0 Å². The van der Waals surface area contributed by atoms with Crippen LogP contribution < -0.4 is 10.1 Å². The fraction of sp³-hybridized carbons (Fsp3) is 0.643. The van der Waals surface area contributed by atoms with Crippen LogP contribution in [0.2, 0.25) is 0 Å². The third kappa shape index (κ3) is 3.88. The number of aromatic nitrogens is 1. The highest BCUT2D eigenvalue weighted by Crippen LogP contribution is 2.20. The summed E-state index contributed by atoms with van der Waals surface area (Å²) in [7, 11) is 0. The van der Waals surface area contributed by atoms with Gasteiger partial charge in [-0.05, 0) is 58.0 Å². The molecule has 18 heavy (non-hydrogen) atoms. The average molecular weight is 249 g/mol. The van der Waals surface area contributed by atoms with E-state index in [2.05, 4.69) is 15.2 Å². The molecule has 0 spiro atoms. The Balaban J connectivity index is 1.72. The minimum absolute atomic E-state index is 0.675. The van der Waals surface area contributed by atoms with E-state index in [-0.39, 0.29) is 0 Å². The van der Waals surface area contributed by atoms with E-state index in [0.29, 0.717) is 6.61 Å². The van der Waals surface area contributed by atoms with Crippen molar-refractivity contribution in [3.05, 3.63) is 18.3 Å². The van der Waals surface area contributed by atoms with Crippen molar-refractivity contribution < 1.29 is 4.74 Å². The van der Waals surface area contributed by atoms with Crippen LogP contribution in [0.4, 0.5) is 5.82 Å². The minimum Gasteiger partial charge on any atom is -0.490 e. The van der Waals surface area contributed by atoms with Crippen LogP contribution in [0.3, 0.4) is 0 Å². The van der Waals surface area contributed by atoms with Crippen molar-refractivity contribution in [2.45, 2.75) is 26.2 Å². The highest BCUT2D eigenvalue weighted by molar-refractivity contribution is 5.49. The fourth-order valence-corrected chi connectivity index (χ4v) is 2.31. The fourth-order valence-electron chi connectivity index (χ4n) is 2.31. The molecule has 0 aliphatic carbocycles. The van der Waals surface area contributed by atoms with Gasteiger partial charge in [0.25, 0.3) is 0 Å². The SMILES string of the molecule is CCOc1cccnc1NCCCN1CCCC1. The molecule has 1 aliphatic rings. The standard InChI is InChI=1S/C14H23N3O/c1-2-18-13-7-5-8-15-14(13)16-9-6-12-17-10-3-4-11-17/h5,7-8H,2-4,6,9-12H2,1H3,(H,15,16). The first kappa shape index (κ1) is 13.1. The first-order chi connectivity index (χ1) is 8.90. The van der Waals surface area contributed by atoms with Crippen LogP contribution in [0.25, 0.3) is 0 Å². The highest BCUT2D eigenvalue weighted by Gasteiger charge is 2.10. The summed E-state index contributed by atoms with van der Waals surface area (Å²) < 4.78 is 5.53. The van der Waals surface area contributed by atoms with Crippen molar-refractivity contribution in [2.75, 3.05) is 38.1 Å². The summed E-state index contributed by atoms with van der Waals surface area (Å²) in [6, 6.07) is 3.86. The van der Waals surface area contributed by atoms with E-state index in [1.54, 1.807) is 6.20 Å². The third-order valence-electron chi connectivity index (χ3n) is 3.21. The van der Waals surface area contributed by atoms with Crippen LogP contribution >= 0.6 is 0 Å². The van der Waals surface area contributed by atoms with Crippen molar-refractivity contribution in [2.24, 2.45) is 0 Å². The van der Waals surface area contributed by atoms with Gasteiger partial charge in [-0.3, -0.25) is 0 Å². The predicted molar refractivity (Wildman–Crippen MR) is 74.2 cm³/mol. The molecule has 1 N–H and O–H groups in total. The van der Waals surface area contributed by atoms with Crippen LogP contribution in [0.5, 0.6) is 5.75 Å². The number of pyridine rings is 1. The minimum atomic E-state index is 0.675. The zero-order valence-electron chi connectivity index (χ0n) is 11.2. The number of hydrogen-bond donors (Lipinski definition) is 1. The maximum absolute atomic E-state index is 5.53. The van der Waals surface area contributed by atoms with Crippen molar-refractivity contribution in [1.82, 2.24) is 9.88 Å². The largest absolute Gasteiger partial charge is 0.490 e. The summed E-state index contributed by atoms with van der Waals surface area (Å²) in [5.74, 6) is 1.71. The van der Waals surface area contributed by atoms with Gasteiger partial charge in [-0.1, -0.05) is 0 Å². The molecule has 2 rings (SSSR count). The molecule has 100 valence electrons. The first-order valence-electron chi connectivity index (χ1n) is 6.94. The Labute approximate surface area is 109 Å². The molecule has 4 nitrogen and oxygen atoms in total. The lowest BCUT2D eigenvalue weighted by Crippen LogP contribution is -2.22. The Morgan fingerprint density at radius 3 is 3.00 bits per heavy atom. The lowest BCUT2D eigenvalue weighted by molar-refractivity contribution is 0.335. The summed E-state index contributed by atoms with van der Waals surface area (Å²) in [5.41, 5.74) is 0.